The van der Waals surface area contributed by atoms with Crippen molar-refractivity contribution in [3.05, 3.63) is 0 Å². The number of amides is 1. The smallest absolute Gasteiger partial charge is 0.243 e. The van der Waals surface area contributed by atoms with E-state index in [1.807, 2.05) is 18.9 Å². The Labute approximate surface area is 92.2 Å². The van der Waals surface area contributed by atoms with Crippen LogP contribution in [0.5, 0.6) is 0 Å². The van der Waals surface area contributed by atoms with Crippen molar-refractivity contribution in [2.75, 3.05) is 7.05 Å². The molecule has 2 aliphatic rings. The van der Waals surface area contributed by atoms with Gasteiger partial charge in [-0.15, -0.1) is 0 Å². The van der Waals surface area contributed by atoms with E-state index in [1.165, 1.54) is 25.7 Å². The van der Waals surface area contributed by atoms with Crippen molar-refractivity contribution in [3.63, 3.8) is 0 Å². The number of rotatable bonds is 2. The molecule has 2 fully saturated rings. The first-order valence-electron chi connectivity index (χ1n) is 6.13. The normalized spacial score (nSPS) is 37.9. The molecule has 0 aromatic rings. The SMILES string of the molecule is CCC1(C)NC(C2CCCC2)N(C)C1=O. The van der Waals surface area contributed by atoms with Gasteiger partial charge in [-0.25, -0.2) is 0 Å². The Hall–Kier alpha value is -0.570. The zero-order valence-electron chi connectivity index (χ0n) is 10.0. The van der Waals surface area contributed by atoms with Gasteiger partial charge in [0.15, 0.2) is 0 Å². The predicted octanol–water partition coefficient (Wildman–Crippen LogP) is 1.73. The van der Waals surface area contributed by atoms with Crippen LogP contribution in [-0.4, -0.2) is 29.6 Å². The van der Waals surface area contributed by atoms with Crippen molar-refractivity contribution in [1.29, 1.82) is 0 Å². The molecule has 2 rings (SSSR count). The predicted molar refractivity (Wildman–Crippen MR) is 60.3 cm³/mol. The second-order valence-corrected chi connectivity index (χ2v) is 5.24. The number of nitrogens with zero attached hydrogens (tertiary/aromatic N) is 1. The van der Waals surface area contributed by atoms with Crippen LogP contribution in [0, 0.1) is 5.92 Å². The standard InChI is InChI=1S/C12H22N2O/c1-4-12(2)11(15)14(3)10(13-12)9-7-5-6-8-9/h9-10,13H,4-8H2,1-3H3. The Bertz CT molecular complexity index is 260. The van der Waals surface area contributed by atoms with Gasteiger partial charge in [0.2, 0.25) is 5.91 Å². The molecule has 2 atom stereocenters. The molecular formula is C12H22N2O. The summed E-state index contributed by atoms with van der Waals surface area (Å²) in [6, 6.07) is 0. The average molecular weight is 210 g/mol. The summed E-state index contributed by atoms with van der Waals surface area (Å²) in [6.07, 6.45) is 6.36. The van der Waals surface area contributed by atoms with E-state index in [1.54, 1.807) is 0 Å². The third kappa shape index (κ3) is 1.67. The molecule has 2 unspecified atom stereocenters. The minimum atomic E-state index is -0.317. The lowest BCUT2D eigenvalue weighted by atomic mass is 9.99. The van der Waals surface area contributed by atoms with Crippen LogP contribution in [0.15, 0.2) is 0 Å². The van der Waals surface area contributed by atoms with Gasteiger partial charge in [0.1, 0.15) is 0 Å². The van der Waals surface area contributed by atoms with Gasteiger partial charge in [-0.1, -0.05) is 19.8 Å². The van der Waals surface area contributed by atoms with E-state index in [-0.39, 0.29) is 17.6 Å². The molecule has 0 radical (unpaired) electrons. The zero-order valence-corrected chi connectivity index (χ0v) is 10.0. The Balaban J connectivity index is 2.12. The third-order valence-corrected chi connectivity index (χ3v) is 4.23. The summed E-state index contributed by atoms with van der Waals surface area (Å²) < 4.78 is 0. The fourth-order valence-corrected chi connectivity index (χ4v) is 2.96. The van der Waals surface area contributed by atoms with Gasteiger partial charge in [-0.05, 0) is 32.1 Å². The lowest BCUT2D eigenvalue weighted by Crippen LogP contribution is -2.45. The minimum absolute atomic E-state index is 0.266. The monoisotopic (exact) mass is 210 g/mol. The number of likely N-dealkylation sites (N-methyl/N-ethyl adjacent to an activating group) is 1. The van der Waals surface area contributed by atoms with Crippen LogP contribution in [-0.2, 0) is 4.79 Å². The molecule has 1 amide bonds. The largest absolute Gasteiger partial charge is 0.328 e. The van der Waals surface area contributed by atoms with Crippen molar-refractivity contribution in [2.24, 2.45) is 5.92 Å². The highest BCUT2D eigenvalue weighted by molar-refractivity contribution is 5.88. The van der Waals surface area contributed by atoms with Crippen molar-refractivity contribution >= 4 is 5.91 Å². The highest BCUT2D eigenvalue weighted by Gasteiger charge is 2.47. The van der Waals surface area contributed by atoms with Crippen molar-refractivity contribution in [2.45, 2.75) is 57.7 Å². The number of carbonyl (C=O) groups excluding carboxylic acids is 1. The van der Waals surface area contributed by atoms with Gasteiger partial charge in [0, 0.05) is 7.05 Å². The number of nitrogens with one attached hydrogen (secondary N) is 1. The molecule has 0 aromatic heterocycles. The van der Waals surface area contributed by atoms with Gasteiger partial charge in [0.05, 0.1) is 11.7 Å². The van der Waals surface area contributed by atoms with E-state index in [4.69, 9.17) is 0 Å². The summed E-state index contributed by atoms with van der Waals surface area (Å²) in [6.45, 7) is 4.11. The molecule has 1 heterocycles. The van der Waals surface area contributed by atoms with Crippen LogP contribution < -0.4 is 5.32 Å². The highest BCUT2D eigenvalue weighted by Crippen LogP contribution is 2.34. The molecule has 1 aliphatic heterocycles. The topological polar surface area (TPSA) is 32.3 Å². The lowest BCUT2D eigenvalue weighted by Gasteiger charge is -2.25. The van der Waals surface area contributed by atoms with E-state index < -0.39 is 0 Å². The van der Waals surface area contributed by atoms with Crippen LogP contribution in [0.25, 0.3) is 0 Å². The summed E-state index contributed by atoms with van der Waals surface area (Å²) in [4.78, 5) is 14.0. The van der Waals surface area contributed by atoms with Gasteiger partial charge in [0.25, 0.3) is 0 Å². The lowest BCUT2D eigenvalue weighted by molar-refractivity contribution is -0.132. The number of hydrogen-bond donors (Lipinski definition) is 1. The van der Waals surface area contributed by atoms with E-state index in [0.717, 1.165) is 6.42 Å². The van der Waals surface area contributed by atoms with E-state index >= 15 is 0 Å². The van der Waals surface area contributed by atoms with Crippen molar-refractivity contribution < 1.29 is 4.79 Å². The Morgan fingerprint density at radius 1 is 1.47 bits per heavy atom. The molecule has 1 saturated heterocycles. The van der Waals surface area contributed by atoms with Gasteiger partial charge in [-0.2, -0.15) is 0 Å². The molecule has 0 aromatic carbocycles. The quantitative estimate of drug-likeness (QED) is 0.753. The van der Waals surface area contributed by atoms with Gasteiger partial charge >= 0.3 is 0 Å². The summed E-state index contributed by atoms with van der Waals surface area (Å²) >= 11 is 0. The molecule has 15 heavy (non-hydrogen) atoms. The first-order chi connectivity index (χ1) is 7.08. The second-order valence-electron chi connectivity index (χ2n) is 5.24. The summed E-state index contributed by atoms with van der Waals surface area (Å²) in [5, 5.41) is 3.53. The van der Waals surface area contributed by atoms with Crippen molar-refractivity contribution in [1.82, 2.24) is 10.2 Å². The molecule has 1 saturated carbocycles. The molecular weight excluding hydrogens is 188 g/mol. The number of carbonyl (C=O) groups is 1. The summed E-state index contributed by atoms with van der Waals surface area (Å²) in [5.74, 6) is 0.939. The molecule has 0 bridgehead atoms. The second kappa shape index (κ2) is 3.78. The molecule has 86 valence electrons. The minimum Gasteiger partial charge on any atom is -0.328 e. The fraction of sp³-hybridized carbons (Fsp3) is 0.917. The van der Waals surface area contributed by atoms with E-state index in [9.17, 15) is 4.79 Å². The van der Waals surface area contributed by atoms with Crippen LogP contribution in [0.1, 0.15) is 46.0 Å². The molecule has 3 heteroatoms. The Kier molecular flexibility index (Phi) is 2.75. The summed E-state index contributed by atoms with van der Waals surface area (Å²) in [7, 11) is 1.94. The number of hydrogen-bond acceptors (Lipinski definition) is 2. The maximum atomic E-state index is 12.1. The highest BCUT2D eigenvalue weighted by atomic mass is 16.2. The molecule has 1 N–H and O–H groups in total. The van der Waals surface area contributed by atoms with Crippen LogP contribution in [0.4, 0.5) is 0 Å². The maximum absolute atomic E-state index is 12.1. The van der Waals surface area contributed by atoms with Crippen molar-refractivity contribution in [3.8, 4) is 0 Å². The van der Waals surface area contributed by atoms with Crippen LogP contribution in [0.2, 0.25) is 0 Å². The fourth-order valence-electron chi connectivity index (χ4n) is 2.96. The van der Waals surface area contributed by atoms with Gasteiger partial charge < -0.3 is 4.90 Å². The van der Waals surface area contributed by atoms with E-state index in [0.29, 0.717) is 5.92 Å². The van der Waals surface area contributed by atoms with Crippen LogP contribution >= 0.6 is 0 Å². The molecule has 0 spiro atoms. The first-order valence-corrected chi connectivity index (χ1v) is 6.13. The zero-order chi connectivity index (χ0) is 11.1. The van der Waals surface area contributed by atoms with Gasteiger partial charge in [-0.3, -0.25) is 10.1 Å². The van der Waals surface area contributed by atoms with Crippen LogP contribution in [0.3, 0.4) is 0 Å². The summed E-state index contributed by atoms with van der Waals surface area (Å²) in [5.41, 5.74) is -0.317. The molecule has 3 nitrogen and oxygen atoms in total. The van der Waals surface area contributed by atoms with E-state index in [2.05, 4.69) is 12.2 Å². The average Bonchev–Trinajstić information content (AvgIpc) is 2.82. The first kappa shape index (κ1) is 10.9. The third-order valence-electron chi connectivity index (χ3n) is 4.23. The molecule has 1 aliphatic carbocycles. The Morgan fingerprint density at radius 3 is 2.53 bits per heavy atom. The maximum Gasteiger partial charge on any atom is 0.243 e. The Morgan fingerprint density at radius 2 is 2.07 bits per heavy atom.